The van der Waals surface area contributed by atoms with E-state index in [0.29, 0.717) is 0 Å². The van der Waals surface area contributed by atoms with E-state index >= 15 is 0 Å². The van der Waals surface area contributed by atoms with Crippen molar-refractivity contribution in [2.24, 2.45) is 0 Å². The van der Waals surface area contributed by atoms with Crippen LogP contribution in [0.3, 0.4) is 0 Å². The fourth-order valence-corrected chi connectivity index (χ4v) is 1.84. The van der Waals surface area contributed by atoms with Crippen LogP contribution in [0.4, 0.5) is 0 Å². The summed E-state index contributed by atoms with van der Waals surface area (Å²) in [6, 6.07) is 0. The normalized spacial score (nSPS) is 5.67. The average molecular weight is 236 g/mol. The standard InChI is InChI=1S/2C2H5.Cd.Zn/c2*1-2;;/h2*1H2,2H3;;. The van der Waals surface area contributed by atoms with Crippen LogP contribution in [-0.4, -0.2) is 0 Å². The molecular weight excluding hydrogens is 226 g/mol. The van der Waals surface area contributed by atoms with Crippen LogP contribution in [0.25, 0.3) is 0 Å². The van der Waals surface area contributed by atoms with Gasteiger partial charge in [-0.3, -0.25) is 0 Å². The minimum absolute atomic E-state index is 0. The van der Waals surface area contributed by atoms with Crippen molar-refractivity contribution in [1.29, 1.82) is 0 Å². The van der Waals surface area contributed by atoms with Crippen LogP contribution >= 0.6 is 0 Å². The first kappa shape index (κ1) is 10.5. The summed E-state index contributed by atoms with van der Waals surface area (Å²) in [4.78, 5) is 0. The van der Waals surface area contributed by atoms with Crippen LogP contribution in [0, 0.1) is 0 Å². The summed E-state index contributed by atoms with van der Waals surface area (Å²) >= 11 is 0.0972. The molecule has 30 valence electrons. The molecule has 0 aliphatic rings. The van der Waals surface area contributed by atoms with E-state index in [-0.39, 0.29) is 44.4 Å². The first-order chi connectivity index (χ1) is 2.41. The van der Waals surface area contributed by atoms with Gasteiger partial charge in [-0.25, -0.2) is 0 Å². The predicted octanol–water partition coefficient (Wildman–Crippen LogP) is 1.94. The molecule has 0 aromatic rings. The third kappa shape index (κ3) is 9.11. The zero-order chi connectivity index (χ0) is 4.12. The van der Waals surface area contributed by atoms with Crippen molar-refractivity contribution >= 4 is 0 Å². The molecule has 0 aromatic carbocycles. The Labute approximate surface area is 67.8 Å². The first-order valence-corrected chi connectivity index (χ1v) is 6.61. The topological polar surface area (TPSA) is 0 Å². The van der Waals surface area contributed by atoms with E-state index < -0.39 is 0 Å². The molecule has 0 heterocycles. The number of hydrogen-bond donors (Lipinski definition) is 0. The molecule has 0 spiro atoms. The Hall–Kier alpha value is 1.55. The zero-order valence-electron chi connectivity index (χ0n) is 4.83. The van der Waals surface area contributed by atoms with Gasteiger partial charge < -0.3 is 0 Å². The van der Waals surface area contributed by atoms with Crippen LogP contribution < -0.4 is 0 Å². The van der Waals surface area contributed by atoms with Crippen LogP contribution in [0.2, 0.25) is 10.0 Å². The van der Waals surface area contributed by atoms with Crippen molar-refractivity contribution in [3.8, 4) is 0 Å². The molecular formula is C4H10CdZn. The Balaban J connectivity index is 0. The minimum atomic E-state index is 0. The summed E-state index contributed by atoms with van der Waals surface area (Å²) < 4.78 is 0. The molecule has 0 atom stereocenters. The van der Waals surface area contributed by atoms with Crippen molar-refractivity contribution in [3.05, 3.63) is 0 Å². The van der Waals surface area contributed by atoms with Gasteiger partial charge in [0.05, 0.1) is 0 Å². The minimum Gasteiger partial charge on any atom is 0 e. The monoisotopic (exact) mass is 236 g/mol. The molecule has 6 heavy (non-hydrogen) atoms. The Morgan fingerprint density at radius 1 is 1.17 bits per heavy atom. The molecule has 0 saturated heterocycles. The zero-order valence-corrected chi connectivity index (χ0v) is 11.8. The SMILES string of the molecule is C[CH2][Zn][CH2]C.[Cd]. The molecule has 0 saturated carbocycles. The molecule has 0 bridgehead atoms. The van der Waals surface area contributed by atoms with Crippen LogP contribution in [0.5, 0.6) is 0 Å². The molecule has 0 amide bonds. The second kappa shape index (κ2) is 9.74. The smallest absolute Gasteiger partial charge is 0 e. The van der Waals surface area contributed by atoms with Gasteiger partial charge in [-0.15, -0.1) is 0 Å². The average Bonchev–Trinajstić information content (AvgIpc) is 1.41. The van der Waals surface area contributed by atoms with Gasteiger partial charge in [0.2, 0.25) is 0 Å². The quantitative estimate of drug-likeness (QED) is 0.642. The van der Waals surface area contributed by atoms with Gasteiger partial charge in [-0.2, -0.15) is 0 Å². The van der Waals surface area contributed by atoms with E-state index in [2.05, 4.69) is 13.8 Å². The van der Waals surface area contributed by atoms with Gasteiger partial charge in [0.15, 0.2) is 0 Å². The summed E-state index contributed by atoms with van der Waals surface area (Å²) in [5.74, 6) is 0. The van der Waals surface area contributed by atoms with Gasteiger partial charge >= 0.3 is 41.0 Å². The predicted molar refractivity (Wildman–Crippen MR) is 21.0 cm³/mol. The van der Waals surface area contributed by atoms with E-state index in [4.69, 9.17) is 0 Å². The summed E-state index contributed by atoms with van der Waals surface area (Å²) in [7, 11) is 0. The van der Waals surface area contributed by atoms with E-state index in [1.807, 2.05) is 0 Å². The number of hydrogen-bond acceptors (Lipinski definition) is 0. The van der Waals surface area contributed by atoms with Crippen molar-refractivity contribution in [1.82, 2.24) is 0 Å². The van der Waals surface area contributed by atoms with Gasteiger partial charge in [-0.05, 0) is 0 Å². The second-order valence-electron chi connectivity index (χ2n) is 1.35. The van der Waals surface area contributed by atoms with E-state index in [1.165, 1.54) is 10.0 Å². The molecule has 0 aliphatic heterocycles. The van der Waals surface area contributed by atoms with Gasteiger partial charge in [0, 0.05) is 27.3 Å². The van der Waals surface area contributed by atoms with E-state index in [9.17, 15) is 0 Å². The second-order valence-corrected chi connectivity index (χ2v) is 7.03. The fraction of sp³-hybridized carbons (Fsp3) is 1.00. The van der Waals surface area contributed by atoms with Gasteiger partial charge in [-0.1, -0.05) is 0 Å². The molecule has 0 aromatic heterocycles. The Morgan fingerprint density at radius 2 is 1.50 bits per heavy atom. The van der Waals surface area contributed by atoms with Gasteiger partial charge in [0.25, 0.3) is 0 Å². The number of rotatable bonds is 2. The van der Waals surface area contributed by atoms with E-state index in [0.717, 1.165) is 0 Å². The molecule has 0 N–H and O–H groups in total. The van der Waals surface area contributed by atoms with Crippen molar-refractivity contribution in [3.63, 3.8) is 0 Å². The summed E-state index contributed by atoms with van der Waals surface area (Å²) in [6.45, 7) is 4.59. The van der Waals surface area contributed by atoms with Crippen LogP contribution in [0.15, 0.2) is 0 Å². The maximum absolute atomic E-state index is 2.30. The van der Waals surface area contributed by atoms with Crippen LogP contribution in [0.1, 0.15) is 13.8 Å². The largest absolute Gasteiger partial charge is 0 e. The third-order valence-corrected chi connectivity index (χ3v) is 3.67. The third-order valence-electron chi connectivity index (χ3n) is 0.707. The molecule has 0 radical (unpaired) electrons. The van der Waals surface area contributed by atoms with Crippen molar-refractivity contribution in [2.45, 2.75) is 23.9 Å². The molecule has 0 fully saturated rings. The molecule has 0 nitrogen and oxygen atoms in total. The van der Waals surface area contributed by atoms with Gasteiger partial charge in [0.1, 0.15) is 0 Å². The summed E-state index contributed by atoms with van der Waals surface area (Å²) in [6.07, 6.45) is 0. The maximum atomic E-state index is 2.30. The molecule has 0 unspecified atom stereocenters. The Kier molecular flexibility index (Phi) is 17.1. The van der Waals surface area contributed by atoms with Crippen molar-refractivity contribution < 1.29 is 44.4 Å². The van der Waals surface area contributed by atoms with Crippen LogP contribution in [-0.2, 0) is 44.4 Å². The van der Waals surface area contributed by atoms with E-state index in [1.54, 1.807) is 0 Å². The molecule has 2 heteroatoms. The summed E-state index contributed by atoms with van der Waals surface area (Å²) in [5.41, 5.74) is 0. The summed E-state index contributed by atoms with van der Waals surface area (Å²) in [5, 5.41) is 3.06. The maximum Gasteiger partial charge on any atom is 0 e. The van der Waals surface area contributed by atoms with Crippen molar-refractivity contribution in [2.75, 3.05) is 0 Å². The Morgan fingerprint density at radius 3 is 1.50 bits per heavy atom. The molecule has 0 aliphatic carbocycles. The Bertz CT molecular complexity index is 15.0. The fourth-order valence-electron chi connectivity index (χ4n) is 0.354. The first-order valence-electron chi connectivity index (χ1n) is 2.41. The molecule has 0 rings (SSSR count).